The van der Waals surface area contributed by atoms with Crippen molar-refractivity contribution in [3.63, 3.8) is 0 Å². The van der Waals surface area contributed by atoms with Gasteiger partial charge in [0.2, 0.25) is 11.8 Å². The van der Waals surface area contributed by atoms with Crippen molar-refractivity contribution in [3.05, 3.63) is 88.1 Å². The van der Waals surface area contributed by atoms with Gasteiger partial charge in [0.25, 0.3) is 0 Å². The molecule has 1 aliphatic rings. The maximum absolute atomic E-state index is 12.7. The van der Waals surface area contributed by atoms with E-state index in [-0.39, 0.29) is 11.7 Å². The lowest BCUT2D eigenvalue weighted by Gasteiger charge is -2.34. The van der Waals surface area contributed by atoms with Crippen LogP contribution in [-0.2, 0) is 11.3 Å². The summed E-state index contributed by atoms with van der Waals surface area (Å²) in [5, 5.41) is 9.79. The number of benzene rings is 2. The summed E-state index contributed by atoms with van der Waals surface area (Å²) < 4.78 is 5.77. The Hall–Kier alpha value is -3.35. The van der Waals surface area contributed by atoms with Crippen LogP contribution in [0.4, 0.5) is 0 Å². The third kappa shape index (κ3) is 6.16. The van der Waals surface area contributed by atoms with E-state index in [1.165, 1.54) is 23.4 Å². The highest BCUT2D eigenvalue weighted by molar-refractivity contribution is 6.32. The van der Waals surface area contributed by atoms with Crippen molar-refractivity contribution >= 4 is 23.6 Å². The van der Waals surface area contributed by atoms with E-state index in [0.29, 0.717) is 29.7 Å². The summed E-state index contributed by atoms with van der Waals surface area (Å²) in [5.74, 6) is 0.890. The van der Waals surface area contributed by atoms with Crippen LogP contribution < -0.4 is 4.74 Å². The second-order valence-electron chi connectivity index (χ2n) is 8.53. The van der Waals surface area contributed by atoms with E-state index >= 15 is 0 Å². The minimum atomic E-state index is -0.00242. The molecule has 1 fully saturated rings. The molecule has 3 aromatic rings. The molecule has 0 bridgehead atoms. The van der Waals surface area contributed by atoms with Gasteiger partial charge in [-0.25, -0.2) is 4.98 Å². The summed E-state index contributed by atoms with van der Waals surface area (Å²) in [4.78, 5) is 21.0. The van der Waals surface area contributed by atoms with E-state index in [1.807, 2.05) is 17.9 Å². The molecule has 7 heteroatoms. The van der Waals surface area contributed by atoms with E-state index in [1.54, 1.807) is 24.3 Å². The molecule has 1 amide bonds. The van der Waals surface area contributed by atoms with Crippen molar-refractivity contribution in [2.24, 2.45) is 0 Å². The topological polar surface area (TPSA) is 65.9 Å². The number of rotatable bonds is 6. The van der Waals surface area contributed by atoms with Gasteiger partial charge in [0.1, 0.15) is 5.75 Å². The number of hydrogen-bond acceptors (Lipinski definition) is 5. The van der Waals surface area contributed by atoms with E-state index in [9.17, 15) is 9.90 Å². The van der Waals surface area contributed by atoms with Crippen LogP contribution in [0.2, 0.25) is 5.02 Å². The molecule has 1 saturated heterocycles. The molecule has 1 aliphatic heterocycles. The van der Waals surface area contributed by atoms with Crippen molar-refractivity contribution in [3.8, 4) is 17.4 Å². The van der Waals surface area contributed by atoms with Gasteiger partial charge in [0.15, 0.2) is 5.75 Å². The zero-order chi connectivity index (χ0) is 24.1. The Morgan fingerprint density at radius 1 is 1.09 bits per heavy atom. The van der Waals surface area contributed by atoms with Gasteiger partial charge in [-0.3, -0.25) is 9.69 Å². The van der Waals surface area contributed by atoms with Crippen LogP contribution in [0.5, 0.6) is 17.4 Å². The molecule has 1 aromatic heterocycles. The third-order valence-corrected chi connectivity index (χ3v) is 6.09. The number of nitrogens with zero attached hydrogens (tertiary/aromatic N) is 3. The number of hydrogen-bond donors (Lipinski definition) is 1. The minimum absolute atomic E-state index is 0.00242. The van der Waals surface area contributed by atoms with E-state index in [4.69, 9.17) is 16.3 Å². The molecule has 0 unspecified atom stereocenters. The van der Waals surface area contributed by atoms with Gasteiger partial charge in [0.05, 0.1) is 11.2 Å². The fourth-order valence-electron chi connectivity index (χ4n) is 3.87. The molecule has 2 aromatic carbocycles. The molecular weight excluding hydrogens is 450 g/mol. The predicted molar refractivity (Wildman–Crippen MR) is 134 cm³/mol. The number of carbonyl (C=O) groups excluding carboxylic acids is 1. The first-order valence-electron chi connectivity index (χ1n) is 11.3. The fourth-order valence-corrected chi connectivity index (χ4v) is 4.18. The van der Waals surface area contributed by atoms with E-state index < -0.39 is 0 Å². The summed E-state index contributed by atoms with van der Waals surface area (Å²) >= 11 is 6.43. The van der Waals surface area contributed by atoms with E-state index in [0.717, 1.165) is 30.8 Å². The highest BCUT2D eigenvalue weighted by Gasteiger charge is 2.19. The van der Waals surface area contributed by atoms with Gasteiger partial charge in [-0.2, -0.15) is 0 Å². The molecule has 4 rings (SSSR count). The van der Waals surface area contributed by atoms with Gasteiger partial charge in [-0.1, -0.05) is 41.4 Å². The molecular formula is C27H28ClN3O3. The SMILES string of the molecule is Cc1ccc(CN2CCN(C(=O)C=Cc3cc(C)c(Oc4ccc(O)cn4)c(Cl)c3)CC2)cc1. The van der Waals surface area contributed by atoms with Gasteiger partial charge >= 0.3 is 0 Å². The molecule has 2 heterocycles. The summed E-state index contributed by atoms with van der Waals surface area (Å²) in [6, 6.07) is 15.3. The molecule has 0 spiro atoms. The number of aryl methyl sites for hydroxylation is 2. The summed E-state index contributed by atoms with van der Waals surface area (Å²) in [6.07, 6.45) is 4.69. The maximum atomic E-state index is 12.7. The van der Waals surface area contributed by atoms with Crippen molar-refractivity contribution in [2.45, 2.75) is 20.4 Å². The highest BCUT2D eigenvalue weighted by Crippen LogP contribution is 2.33. The van der Waals surface area contributed by atoms with Gasteiger partial charge in [0, 0.05) is 44.9 Å². The lowest BCUT2D eigenvalue weighted by Crippen LogP contribution is -2.47. The molecule has 0 atom stereocenters. The van der Waals surface area contributed by atoms with Gasteiger partial charge in [-0.15, -0.1) is 0 Å². The van der Waals surface area contributed by atoms with Crippen LogP contribution in [0.15, 0.2) is 60.8 Å². The molecule has 0 saturated carbocycles. The Balaban J connectivity index is 1.33. The number of pyridine rings is 1. The Morgan fingerprint density at radius 2 is 1.82 bits per heavy atom. The average Bonchev–Trinajstić information content (AvgIpc) is 2.83. The molecule has 0 aliphatic carbocycles. The summed E-state index contributed by atoms with van der Waals surface area (Å²) in [6.45, 7) is 8.01. The number of ether oxygens (including phenoxy) is 1. The molecule has 6 nitrogen and oxygen atoms in total. The molecule has 0 radical (unpaired) electrons. The average molecular weight is 478 g/mol. The number of carbonyl (C=O) groups is 1. The Kier molecular flexibility index (Phi) is 7.50. The normalized spacial score (nSPS) is 14.5. The second-order valence-corrected chi connectivity index (χ2v) is 8.93. The van der Waals surface area contributed by atoms with Gasteiger partial charge < -0.3 is 14.7 Å². The summed E-state index contributed by atoms with van der Waals surface area (Å²) in [5.41, 5.74) is 4.20. The van der Waals surface area contributed by atoms with Crippen molar-refractivity contribution in [1.29, 1.82) is 0 Å². The van der Waals surface area contributed by atoms with Crippen molar-refractivity contribution < 1.29 is 14.6 Å². The molecule has 176 valence electrons. The lowest BCUT2D eigenvalue weighted by molar-refractivity contribution is -0.127. The quantitative estimate of drug-likeness (QED) is 0.494. The fraction of sp³-hybridized carbons (Fsp3) is 0.259. The minimum Gasteiger partial charge on any atom is -0.506 e. The van der Waals surface area contributed by atoms with Crippen LogP contribution in [0, 0.1) is 13.8 Å². The number of halogens is 1. The Labute approximate surface area is 205 Å². The Morgan fingerprint density at radius 3 is 2.47 bits per heavy atom. The van der Waals surface area contributed by atoms with Crippen LogP contribution in [-0.4, -0.2) is 52.0 Å². The number of aromatic hydroxyl groups is 1. The maximum Gasteiger partial charge on any atom is 0.246 e. The van der Waals surface area contributed by atoms with Gasteiger partial charge in [-0.05, 0) is 54.8 Å². The zero-order valence-electron chi connectivity index (χ0n) is 19.4. The largest absolute Gasteiger partial charge is 0.506 e. The first kappa shape index (κ1) is 23.8. The molecule has 1 N–H and O–H groups in total. The predicted octanol–water partition coefficient (Wildman–Crippen LogP) is 5.21. The Bertz CT molecular complexity index is 1150. The third-order valence-electron chi connectivity index (χ3n) is 5.81. The summed E-state index contributed by atoms with van der Waals surface area (Å²) in [7, 11) is 0. The van der Waals surface area contributed by atoms with Crippen molar-refractivity contribution in [1.82, 2.24) is 14.8 Å². The van der Waals surface area contributed by atoms with Crippen LogP contribution in [0.1, 0.15) is 22.3 Å². The first-order valence-corrected chi connectivity index (χ1v) is 11.6. The number of piperazine rings is 1. The van der Waals surface area contributed by atoms with E-state index in [2.05, 4.69) is 41.1 Å². The number of aromatic nitrogens is 1. The zero-order valence-corrected chi connectivity index (χ0v) is 20.1. The highest BCUT2D eigenvalue weighted by atomic mass is 35.5. The second kappa shape index (κ2) is 10.7. The van der Waals surface area contributed by atoms with Crippen LogP contribution in [0.3, 0.4) is 0 Å². The monoisotopic (exact) mass is 477 g/mol. The number of amides is 1. The smallest absolute Gasteiger partial charge is 0.246 e. The molecule has 34 heavy (non-hydrogen) atoms. The van der Waals surface area contributed by atoms with Crippen LogP contribution >= 0.6 is 11.6 Å². The van der Waals surface area contributed by atoms with Crippen molar-refractivity contribution in [2.75, 3.05) is 26.2 Å². The first-order chi connectivity index (χ1) is 16.4. The standard InChI is InChI=1S/C27H28ClN3O3/c1-19-3-5-21(6-4-19)18-30-11-13-31(14-12-30)26(33)10-7-22-15-20(2)27(24(28)16-22)34-25-9-8-23(32)17-29-25/h3-10,15-17,32H,11-14,18H2,1-2H3. The lowest BCUT2D eigenvalue weighted by atomic mass is 10.1. The van der Waals surface area contributed by atoms with Crippen LogP contribution in [0.25, 0.3) is 6.08 Å².